The normalized spacial score (nSPS) is 21.5. The molecule has 0 N–H and O–H groups in total. The lowest BCUT2D eigenvalue weighted by Gasteiger charge is -2.33. The predicted octanol–water partition coefficient (Wildman–Crippen LogP) is 1.35. The van der Waals surface area contributed by atoms with Gasteiger partial charge in [-0.15, -0.1) is 0 Å². The van der Waals surface area contributed by atoms with Crippen molar-refractivity contribution >= 4 is 12.7 Å². The van der Waals surface area contributed by atoms with Crippen LogP contribution in [0.5, 0.6) is 0 Å². The lowest BCUT2D eigenvalue weighted by atomic mass is 10.2. The van der Waals surface area contributed by atoms with E-state index >= 15 is 0 Å². The third-order valence-corrected chi connectivity index (χ3v) is 2.07. The maximum atomic E-state index is 4.33. The van der Waals surface area contributed by atoms with Gasteiger partial charge < -0.3 is 0 Å². The van der Waals surface area contributed by atoms with Gasteiger partial charge in [0.1, 0.15) is 18.8 Å². The zero-order chi connectivity index (χ0) is 9.68. The molecule has 1 heterocycles. The Balaban J connectivity index is 2.49. The first-order valence-electron chi connectivity index (χ1n) is 4.76. The molecule has 1 unspecified atom stereocenters. The number of hydrogen-bond donors (Lipinski definition) is 0. The molecule has 0 fully saturated rings. The van der Waals surface area contributed by atoms with Crippen LogP contribution in [0.2, 0.25) is 0 Å². The first-order chi connectivity index (χ1) is 6.25. The van der Waals surface area contributed by atoms with Gasteiger partial charge in [0.25, 0.3) is 0 Å². The molecule has 0 bridgehead atoms. The highest BCUT2D eigenvalue weighted by Gasteiger charge is 2.17. The second kappa shape index (κ2) is 4.97. The van der Waals surface area contributed by atoms with Crippen molar-refractivity contribution in [2.75, 3.05) is 14.1 Å². The van der Waals surface area contributed by atoms with Crippen molar-refractivity contribution in [3.05, 3.63) is 0 Å². The molecule has 74 valence electrons. The minimum Gasteiger partial charge on any atom is -0.272 e. The molecule has 0 radical (unpaired) electrons. The molecule has 1 aliphatic rings. The van der Waals surface area contributed by atoms with E-state index in [-0.39, 0.29) is 6.17 Å². The summed E-state index contributed by atoms with van der Waals surface area (Å²) in [5.74, 6) is 0. The molecule has 1 atom stereocenters. The van der Waals surface area contributed by atoms with Crippen molar-refractivity contribution in [1.29, 1.82) is 0 Å². The highest BCUT2D eigenvalue weighted by molar-refractivity contribution is 5.73. The Morgan fingerprint density at radius 1 is 1.46 bits per heavy atom. The lowest BCUT2D eigenvalue weighted by Crippen LogP contribution is -2.44. The number of hydrogen-bond acceptors (Lipinski definition) is 4. The maximum Gasteiger partial charge on any atom is 0.138 e. The van der Waals surface area contributed by atoms with E-state index in [1.165, 1.54) is 12.8 Å². The first-order valence-corrected chi connectivity index (χ1v) is 4.76. The van der Waals surface area contributed by atoms with Crippen molar-refractivity contribution in [2.45, 2.75) is 32.4 Å². The van der Waals surface area contributed by atoms with Gasteiger partial charge in [0.05, 0.1) is 0 Å². The maximum absolute atomic E-state index is 4.33. The van der Waals surface area contributed by atoms with E-state index in [0.717, 1.165) is 6.42 Å². The van der Waals surface area contributed by atoms with Crippen molar-refractivity contribution < 1.29 is 0 Å². The number of nitrogens with zero attached hydrogens (tertiary/aromatic N) is 4. The van der Waals surface area contributed by atoms with Crippen molar-refractivity contribution in [3.63, 3.8) is 0 Å². The van der Waals surface area contributed by atoms with Crippen LogP contribution in [0.15, 0.2) is 9.98 Å². The monoisotopic (exact) mass is 182 g/mol. The van der Waals surface area contributed by atoms with Gasteiger partial charge in [0.15, 0.2) is 0 Å². The summed E-state index contributed by atoms with van der Waals surface area (Å²) in [6.45, 7) is 2.20. The van der Waals surface area contributed by atoms with E-state index in [1.807, 2.05) is 25.4 Å². The van der Waals surface area contributed by atoms with Crippen LogP contribution in [0.3, 0.4) is 0 Å². The van der Waals surface area contributed by atoms with Gasteiger partial charge in [0.2, 0.25) is 0 Å². The van der Waals surface area contributed by atoms with E-state index < -0.39 is 0 Å². The second-order valence-electron chi connectivity index (χ2n) is 3.38. The smallest absolute Gasteiger partial charge is 0.138 e. The van der Waals surface area contributed by atoms with Crippen LogP contribution in [0.4, 0.5) is 0 Å². The quantitative estimate of drug-likeness (QED) is 0.657. The summed E-state index contributed by atoms with van der Waals surface area (Å²) in [5, 5.41) is 4.07. The van der Waals surface area contributed by atoms with Crippen LogP contribution in [-0.2, 0) is 0 Å². The zero-order valence-corrected chi connectivity index (χ0v) is 8.64. The van der Waals surface area contributed by atoms with Gasteiger partial charge >= 0.3 is 0 Å². The van der Waals surface area contributed by atoms with E-state index in [1.54, 1.807) is 6.34 Å². The summed E-state index contributed by atoms with van der Waals surface area (Å²) in [5.41, 5.74) is 0. The lowest BCUT2D eigenvalue weighted by molar-refractivity contribution is 0.0655. The molecular formula is C9H18N4. The predicted molar refractivity (Wildman–Crippen MR) is 55.8 cm³/mol. The molecule has 0 amide bonds. The van der Waals surface area contributed by atoms with Gasteiger partial charge in [-0.25, -0.2) is 15.0 Å². The Hall–Kier alpha value is -0.900. The second-order valence-corrected chi connectivity index (χ2v) is 3.38. The molecule has 0 aromatic carbocycles. The topological polar surface area (TPSA) is 31.2 Å². The Kier molecular flexibility index (Phi) is 3.89. The first kappa shape index (κ1) is 10.2. The average Bonchev–Trinajstić information content (AvgIpc) is 2.15. The summed E-state index contributed by atoms with van der Waals surface area (Å²) in [6, 6.07) is 0. The number of aliphatic imine (C=N–C) groups is 2. The Labute approximate surface area is 79.9 Å². The molecule has 1 aliphatic heterocycles. The molecule has 13 heavy (non-hydrogen) atoms. The van der Waals surface area contributed by atoms with E-state index in [9.17, 15) is 0 Å². The van der Waals surface area contributed by atoms with Crippen LogP contribution < -0.4 is 0 Å². The fraction of sp³-hybridized carbons (Fsp3) is 0.778. The third kappa shape index (κ3) is 2.81. The summed E-state index contributed by atoms with van der Waals surface area (Å²) < 4.78 is 0. The summed E-state index contributed by atoms with van der Waals surface area (Å²) in [6.07, 6.45) is 7.22. The summed E-state index contributed by atoms with van der Waals surface area (Å²) in [4.78, 5) is 8.34. The molecule has 0 spiro atoms. The van der Waals surface area contributed by atoms with Gasteiger partial charge in [-0.2, -0.15) is 0 Å². The molecule has 0 aromatic heterocycles. The van der Waals surface area contributed by atoms with E-state index in [4.69, 9.17) is 0 Å². The highest BCUT2D eigenvalue weighted by Crippen LogP contribution is 2.11. The fourth-order valence-corrected chi connectivity index (χ4v) is 1.32. The molecule has 1 rings (SSSR count). The molecular weight excluding hydrogens is 164 g/mol. The van der Waals surface area contributed by atoms with Crippen LogP contribution >= 0.6 is 0 Å². The number of hydrazine groups is 1. The van der Waals surface area contributed by atoms with E-state index in [0.29, 0.717) is 0 Å². The Morgan fingerprint density at radius 3 is 2.85 bits per heavy atom. The van der Waals surface area contributed by atoms with Crippen molar-refractivity contribution in [1.82, 2.24) is 10.0 Å². The van der Waals surface area contributed by atoms with Gasteiger partial charge in [-0.05, 0) is 12.8 Å². The van der Waals surface area contributed by atoms with Gasteiger partial charge in [0, 0.05) is 14.1 Å². The molecule has 4 heteroatoms. The van der Waals surface area contributed by atoms with Crippen molar-refractivity contribution in [3.8, 4) is 0 Å². The van der Waals surface area contributed by atoms with E-state index in [2.05, 4.69) is 21.9 Å². The average molecular weight is 182 g/mol. The molecule has 0 aromatic rings. The minimum atomic E-state index is 0.243. The Bertz CT molecular complexity index is 198. The zero-order valence-electron chi connectivity index (χ0n) is 8.64. The minimum absolute atomic E-state index is 0.243. The summed E-state index contributed by atoms with van der Waals surface area (Å²) >= 11 is 0. The van der Waals surface area contributed by atoms with Crippen molar-refractivity contribution in [2.24, 2.45) is 9.98 Å². The standard InChI is InChI=1S/C9H18N4/c1-4-5-6-9-11-7-10-8-13(9)12(2)3/h7-9H,4-6H2,1-3H3. The SMILES string of the molecule is CCCCC1N=CN=CN1N(C)C. The largest absolute Gasteiger partial charge is 0.272 e. The molecule has 0 aliphatic carbocycles. The molecule has 0 saturated heterocycles. The highest BCUT2D eigenvalue weighted by atomic mass is 15.6. The molecule has 0 saturated carbocycles. The van der Waals surface area contributed by atoms with Crippen LogP contribution in [-0.4, -0.2) is 43.0 Å². The van der Waals surface area contributed by atoms with Crippen LogP contribution in [0, 0.1) is 0 Å². The number of rotatable bonds is 4. The summed E-state index contributed by atoms with van der Waals surface area (Å²) in [7, 11) is 4.01. The van der Waals surface area contributed by atoms with Crippen LogP contribution in [0.25, 0.3) is 0 Å². The van der Waals surface area contributed by atoms with Gasteiger partial charge in [-0.3, -0.25) is 5.01 Å². The Morgan fingerprint density at radius 2 is 2.23 bits per heavy atom. The molecule has 4 nitrogen and oxygen atoms in total. The van der Waals surface area contributed by atoms with Crippen LogP contribution in [0.1, 0.15) is 26.2 Å². The third-order valence-electron chi connectivity index (χ3n) is 2.07. The number of unbranched alkanes of at least 4 members (excludes halogenated alkanes) is 1. The fourth-order valence-electron chi connectivity index (χ4n) is 1.32. The van der Waals surface area contributed by atoms with Gasteiger partial charge in [-0.1, -0.05) is 13.3 Å².